The van der Waals surface area contributed by atoms with Gasteiger partial charge in [-0.2, -0.15) is 0 Å². The highest BCUT2D eigenvalue weighted by Crippen LogP contribution is 2.16. The van der Waals surface area contributed by atoms with Crippen LogP contribution in [0.5, 0.6) is 0 Å². The summed E-state index contributed by atoms with van der Waals surface area (Å²) in [5.74, 6) is -0.970. The molecule has 0 amide bonds. The van der Waals surface area contributed by atoms with E-state index in [-0.39, 0.29) is 37.5 Å². The zero-order valence-electron chi connectivity index (χ0n) is 52.0. The Hall–Kier alpha value is -4.45. The molecule has 0 aromatic carbocycles. The summed E-state index contributed by atoms with van der Waals surface area (Å²) in [6.07, 6.45) is 95.0. The first-order valence-electron chi connectivity index (χ1n) is 33.2. The number of unbranched alkanes of at least 4 members (excludes halogenated alkanes) is 26. The molecule has 0 radical (unpaired) electrons. The molecule has 0 saturated heterocycles. The number of rotatable bonds is 59. The van der Waals surface area contributed by atoms with Gasteiger partial charge in [0.1, 0.15) is 13.2 Å². The molecule has 6 heteroatoms. The second-order valence-electron chi connectivity index (χ2n) is 21.6. The van der Waals surface area contributed by atoms with Gasteiger partial charge in [-0.1, -0.05) is 289 Å². The van der Waals surface area contributed by atoms with E-state index in [1.54, 1.807) is 0 Å². The summed E-state index contributed by atoms with van der Waals surface area (Å²) >= 11 is 0. The molecule has 454 valence electrons. The Balaban J connectivity index is 4.14. The van der Waals surface area contributed by atoms with Crippen LogP contribution in [-0.2, 0) is 28.6 Å². The maximum Gasteiger partial charge on any atom is 0.306 e. The Morgan fingerprint density at radius 3 is 0.812 bits per heavy atom. The van der Waals surface area contributed by atoms with E-state index >= 15 is 0 Å². The van der Waals surface area contributed by atoms with Gasteiger partial charge in [-0.3, -0.25) is 14.4 Å². The van der Waals surface area contributed by atoms with E-state index in [2.05, 4.69) is 154 Å². The third kappa shape index (κ3) is 64.4. The van der Waals surface area contributed by atoms with Gasteiger partial charge in [-0.05, 0) is 122 Å². The van der Waals surface area contributed by atoms with Gasteiger partial charge >= 0.3 is 17.9 Å². The third-order valence-electron chi connectivity index (χ3n) is 13.9. The molecular formula is C74H122O6. The number of esters is 3. The monoisotopic (exact) mass is 1110 g/mol. The number of hydrogen-bond donors (Lipinski definition) is 0. The maximum absolute atomic E-state index is 12.8. The van der Waals surface area contributed by atoms with Crippen molar-refractivity contribution in [3.63, 3.8) is 0 Å². The van der Waals surface area contributed by atoms with Crippen LogP contribution in [0.4, 0.5) is 0 Å². The van der Waals surface area contributed by atoms with Crippen LogP contribution >= 0.6 is 0 Å². The first kappa shape index (κ1) is 75.5. The molecule has 0 bridgehead atoms. The zero-order chi connectivity index (χ0) is 57.8. The number of carbonyl (C=O) groups excluding carboxylic acids is 3. The predicted octanol–water partition coefficient (Wildman–Crippen LogP) is 22.9. The molecule has 0 aromatic rings. The Morgan fingerprint density at radius 2 is 0.500 bits per heavy atom. The van der Waals surface area contributed by atoms with Crippen LogP contribution in [0, 0.1) is 0 Å². The normalized spacial score (nSPS) is 13.0. The van der Waals surface area contributed by atoms with Crippen molar-refractivity contribution in [1.29, 1.82) is 0 Å². The van der Waals surface area contributed by atoms with Gasteiger partial charge < -0.3 is 14.2 Å². The minimum atomic E-state index is -0.813. The molecule has 0 rings (SSSR count). The number of hydrogen-bond acceptors (Lipinski definition) is 6. The summed E-state index contributed by atoms with van der Waals surface area (Å²) in [4.78, 5) is 38.2. The maximum atomic E-state index is 12.8. The van der Waals surface area contributed by atoms with Crippen molar-refractivity contribution in [3.05, 3.63) is 134 Å². The Kier molecular flexibility index (Phi) is 63.3. The quantitative estimate of drug-likeness (QED) is 0.0261. The van der Waals surface area contributed by atoms with Crippen molar-refractivity contribution < 1.29 is 28.6 Å². The second kappa shape index (κ2) is 67.1. The molecule has 0 heterocycles. The van der Waals surface area contributed by atoms with Gasteiger partial charge in [0.25, 0.3) is 0 Å². The molecule has 80 heavy (non-hydrogen) atoms. The Labute approximate surface area is 494 Å². The topological polar surface area (TPSA) is 78.9 Å². The van der Waals surface area contributed by atoms with Crippen molar-refractivity contribution in [2.45, 2.75) is 303 Å². The van der Waals surface area contributed by atoms with Gasteiger partial charge in [-0.25, -0.2) is 0 Å². The van der Waals surface area contributed by atoms with E-state index in [4.69, 9.17) is 14.2 Å². The molecule has 0 aromatic heterocycles. The lowest BCUT2D eigenvalue weighted by Crippen LogP contribution is -2.30. The van der Waals surface area contributed by atoms with Crippen LogP contribution in [0.25, 0.3) is 0 Å². The smallest absolute Gasteiger partial charge is 0.306 e. The molecule has 0 saturated carbocycles. The Morgan fingerprint density at radius 1 is 0.263 bits per heavy atom. The van der Waals surface area contributed by atoms with Crippen LogP contribution < -0.4 is 0 Å². The largest absolute Gasteiger partial charge is 0.462 e. The third-order valence-corrected chi connectivity index (χ3v) is 13.9. The van der Waals surface area contributed by atoms with Crippen LogP contribution in [0.3, 0.4) is 0 Å². The average Bonchev–Trinajstić information content (AvgIpc) is 3.46. The molecule has 0 N–H and O–H groups in total. The van der Waals surface area contributed by atoms with E-state index in [9.17, 15) is 14.4 Å². The number of allylic oxidation sites excluding steroid dienone is 22. The lowest BCUT2D eigenvalue weighted by atomic mass is 10.0. The molecule has 0 fully saturated rings. The summed E-state index contributed by atoms with van der Waals surface area (Å²) < 4.78 is 16.8. The van der Waals surface area contributed by atoms with Crippen LogP contribution in [0.2, 0.25) is 0 Å². The van der Waals surface area contributed by atoms with E-state index in [1.165, 1.54) is 122 Å². The predicted molar refractivity (Wildman–Crippen MR) is 348 cm³/mol. The molecule has 1 unspecified atom stereocenters. The summed E-state index contributed by atoms with van der Waals surface area (Å²) in [5, 5.41) is 0. The van der Waals surface area contributed by atoms with Crippen molar-refractivity contribution in [3.8, 4) is 0 Å². The second-order valence-corrected chi connectivity index (χ2v) is 21.6. The van der Waals surface area contributed by atoms with Crippen molar-refractivity contribution in [1.82, 2.24) is 0 Å². The molecule has 1 atom stereocenters. The van der Waals surface area contributed by atoms with E-state index < -0.39 is 6.10 Å². The lowest BCUT2D eigenvalue weighted by Gasteiger charge is -2.18. The van der Waals surface area contributed by atoms with Gasteiger partial charge in [0.05, 0.1) is 0 Å². The van der Waals surface area contributed by atoms with Crippen LogP contribution in [-0.4, -0.2) is 37.2 Å². The van der Waals surface area contributed by atoms with Gasteiger partial charge in [-0.15, -0.1) is 0 Å². The summed E-state index contributed by atoms with van der Waals surface area (Å²) in [6, 6.07) is 0. The van der Waals surface area contributed by atoms with Crippen LogP contribution in [0.15, 0.2) is 134 Å². The fourth-order valence-corrected chi connectivity index (χ4v) is 8.98. The summed E-state index contributed by atoms with van der Waals surface area (Å²) in [6.45, 7) is 6.30. The zero-order valence-corrected chi connectivity index (χ0v) is 52.0. The molecule has 0 aliphatic rings. The van der Waals surface area contributed by atoms with E-state index in [1.807, 2.05) is 0 Å². The lowest BCUT2D eigenvalue weighted by molar-refractivity contribution is -0.167. The minimum Gasteiger partial charge on any atom is -0.462 e. The number of ether oxygens (including phenoxy) is 3. The highest BCUT2D eigenvalue weighted by Gasteiger charge is 2.19. The SMILES string of the molecule is CC/C=C\C/C=C\C/C=C\C/C=C\C/C=C\CCCCCCCCCCCCCCCCCCCCCC(=O)OCC(COC(=O)CCCCCCC/C=C\CCC)OC(=O)CCC/C=C\C/C=C\C/C=C\C/C=C\C/C=C\CC. The minimum absolute atomic E-state index is 0.104. The molecular weight excluding hydrogens is 985 g/mol. The molecule has 0 aliphatic heterocycles. The highest BCUT2D eigenvalue weighted by atomic mass is 16.6. The average molecular weight is 1110 g/mol. The first-order chi connectivity index (χ1) is 39.5. The fraction of sp³-hybridized carbons (Fsp3) is 0.662. The van der Waals surface area contributed by atoms with Gasteiger partial charge in [0.2, 0.25) is 0 Å². The summed E-state index contributed by atoms with van der Waals surface area (Å²) in [5.41, 5.74) is 0. The molecule has 0 aliphatic carbocycles. The van der Waals surface area contributed by atoms with Crippen LogP contribution in [0.1, 0.15) is 297 Å². The number of carbonyl (C=O) groups is 3. The first-order valence-corrected chi connectivity index (χ1v) is 33.2. The molecule has 6 nitrogen and oxygen atoms in total. The van der Waals surface area contributed by atoms with Gasteiger partial charge in [0.15, 0.2) is 6.10 Å². The van der Waals surface area contributed by atoms with E-state index in [0.717, 1.165) is 128 Å². The molecule has 0 spiro atoms. The van der Waals surface area contributed by atoms with Crippen molar-refractivity contribution in [2.24, 2.45) is 0 Å². The standard InChI is InChI=1S/C74H122O6/c1-4-7-10-13-16-19-22-24-26-28-29-30-31-32-33-34-35-36-37-38-39-40-41-42-43-44-45-47-48-50-52-55-58-61-64-67-73(76)79-70-71(69-78-72(75)66-63-60-57-54-21-18-15-12-9-6-3)80-74(77)68-65-62-59-56-53-51-49-46-27-25-23-20-17-14-11-8-5-2/h7-8,10-12,15-17,19-20,24-27,29-30,32-33,49,51,56,59,71H,4-6,9,13-14,18,21-23,28,31,34-48,50,52-55,57-58,60-70H2,1-3H3/b10-7-,11-8-,15-12-,19-16-,20-17-,26-24-,27-25-,30-29-,33-32-,51-49-,59-56-. The van der Waals surface area contributed by atoms with Gasteiger partial charge in [0, 0.05) is 19.3 Å². The van der Waals surface area contributed by atoms with E-state index in [0.29, 0.717) is 19.3 Å². The van der Waals surface area contributed by atoms with Crippen molar-refractivity contribution in [2.75, 3.05) is 13.2 Å². The fourth-order valence-electron chi connectivity index (χ4n) is 8.98. The summed E-state index contributed by atoms with van der Waals surface area (Å²) in [7, 11) is 0. The Bertz CT molecular complexity index is 1700. The highest BCUT2D eigenvalue weighted by molar-refractivity contribution is 5.71. The van der Waals surface area contributed by atoms with Crippen molar-refractivity contribution >= 4 is 17.9 Å².